The summed E-state index contributed by atoms with van der Waals surface area (Å²) in [5.74, 6) is -0.929. The van der Waals surface area contributed by atoms with E-state index in [1.54, 1.807) is 0 Å². The minimum atomic E-state index is -0.796. The maximum Gasteiger partial charge on any atom is 0.306 e. The van der Waals surface area contributed by atoms with Crippen molar-refractivity contribution in [1.82, 2.24) is 0 Å². The van der Waals surface area contributed by atoms with Gasteiger partial charge in [-0.3, -0.25) is 14.4 Å². The summed E-state index contributed by atoms with van der Waals surface area (Å²) in [6.45, 7) is 6.49. The lowest BCUT2D eigenvalue weighted by atomic mass is 10.0. The van der Waals surface area contributed by atoms with Crippen molar-refractivity contribution in [3.05, 3.63) is 72.9 Å². The van der Waals surface area contributed by atoms with Gasteiger partial charge in [-0.2, -0.15) is 0 Å². The van der Waals surface area contributed by atoms with Gasteiger partial charge in [0.15, 0.2) is 6.10 Å². The topological polar surface area (TPSA) is 78.9 Å². The molecule has 0 N–H and O–H groups in total. The second-order valence-corrected chi connectivity index (χ2v) is 19.9. The summed E-state index contributed by atoms with van der Waals surface area (Å²) < 4.78 is 16.9. The summed E-state index contributed by atoms with van der Waals surface area (Å²) in [5, 5.41) is 0. The first-order valence-corrected chi connectivity index (χ1v) is 29.9. The highest BCUT2D eigenvalue weighted by Crippen LogP contribution is 2.16. The monoisotopic (exact) mass is 977 g/mol. The maximum absolute atomic E-state index is 12.9. The van der Waals surface area contributed by atoms with Crippen LogP contribution in [0.15, 0.2) is 72.9 Å². The highest BCUT2D eigenvalue weighted by atomic mass is 16.6. The average Bonchev–Trinajstić information content (AvgIpc) is 3.36. The molecule has 0 rings (SSSR count). The van der Waals surface area contributed by atoms with Crippen molar-refractivity contribution >= 4 is 17.9 Å². The van der Waals surface area contributed by atoms with Crippen LogP contribution in [0, 0.1) is 0 Å². The lowest BCUT2D eigenvalue weighted by Crippen LogP contribution is -2.30. The van der Waals surface area contributed by atoms with Gasteiger partial charge in [0, 0.05) is 19.3 Å². The van der Waals surface area contributed by atoms with Crippen molar-refractivity contribution in [3.8, 4) is 0 Å². The summed E-state index contributed by atoms with van der Waals surface area (Å²) in [7, 11) is 0. The number of carbonyl (C=O) groups excluding carboxylic acids is 3. The van der Waals surface area contributed by atoms with Crippen LogP contribution < -0.4 is 0 Å². The van der Waals surface area contributed by atoms with E-state index in [1.165, 1.54) is 161 Å². The molecule has 0 saturated carbocycles. The van der Waals surface area contributed by atoms with E-state index in [1.807, 2.05) is 0 Å². The molecular weight excluding hydrogens is 865 g/mol. The molecular formula is C64H112O6. The van der Waals surface area contributed by atoms with Gasteiger partial charge < -0.3 is 14.2 Å². The second-order valence-electron chi connectivity index (χ2n) is 19.9. The van der Waals surface area contributed by atoms with E-state index in [9.17, 15) is 14.4 Å². The minimum Gasteiger partial charge on any atom is -0.462 e. The SMILES string of the molecule is CC/C=C\C/C=C\C/C=C\C/C=C\CCCCC(=O)OCC(COC(=O)CCCCCCCCCCCCCCCCCCCCCC)OC(=O)CCCCCCCCC/C=C\C/C=C\CCCCC. The molecule has 6 heteroatoms. The fraction of sp³-hybridized carbons (Fsp3) is 0.766. The first-order valence-electron chi connectivity index (χ1n) is 29.9. The zero-order chi connectivity index (χ0) is 50.7. The standard InChI is InChI=1S/C64H112O6/c1-4-7-10-13-16-19-22-25-28-30-31-32-34-36-39-42-45-48-51-54-57-63(66)69-60-61(59-68-62(65)56-53-50-47-44-41-38-35-27-24-21-18-15-12-9-6-3)70-64(67)58-55-52-49-46-43-40-37-33-29-26-23-20-17-14-11-8-5-2/h9,12,17-18,20-21,26-27,29,35,41,44,61H,4-8,10-11,13-16,19,22-25,28,30-34,36-40,42-43,45-60H2,1-3H3/b12-9-,20-17-,21-18-,29-26-,35-27-,44-41-. The third kappa shape index (κ3) is 55.8. The van der Waals surface area contributed by atoms with Crippen molar-refractivity contribution in [2.75, 3.05) is 13.2 Å². The number of rotatable bonds is 54. The Morgan fingerprint density at radius 2 is 0.557 bits per heavy atom. The van der Waals surface area contributed by atoms with Crippen LogP contribution in [0.25, 0.3) is 0 Å². The number of esters is 3. The molecule has 0 saturated heterocycles. The van der Waals surface area contributed by atoms with E-state index in [-0.39, 0.29) is 31.1 Å². The average molecular weight is 978 g/mol. The molecule has 0 radical (unpaired) electrons. The molecule has 1 unspecified atom stereocenters. The number of ether oxygens (including phenoxy) is 3. The Balaban J connectivity index is 4.39. The van der Waals surface area contributed by atoms with Gasteiger partial charge in [-0.25, -0.2) is 0 Å². The van der Waals surface area contributed by atoms with Gasteiger partial charge in [-0.05, 0) is 89.9 Å². The van der Waals surface area contributed by atoms with Gasteiger partial charge >= 0.3 is 17.9 Å². The minimum absolute atomic E-state index is 0.0895. The van der Waals surface area contributed by atoms with Crippen molar-refractivity contribution in [1.29, 1.82) is 0 Å². The second kappa shape index (κ2) is 58.4. The van der Waals surface area contributed by atoms with Crippen LogP contribution in [0.4, 0.5) is 0 Å². The molecule has 0 aromatic heterocycles. The Kier molecular flexibility index (Phi) is 55.8. The lowest BCUT2D eigenvalue weighted by molar-refractivity contribution is -0.167. The molecule has 0 aliphatic heterocycles. The molecule has 0 fully saturated rings. The van der Waals surface area contributed by atoms with Crippen LogP contribution in [-0.2, 0) is 28.6 Å². The third-order valence-corrected chi connectivity index (χ3v) is 12.9. The van der Waals surface area contributed by atoms with Crippen LogP contribution in [0.1, 0.15) is 297 Å². The third-order valence-electron chi connectivity index (χ3n) is 12.9. The van der Waals surface area contributed by atoms with E-state index in [0.717, 1.165) is 96.3 Å². The smallest absolute Gasteiger partial charge is 0.306 e. The summed E-state index contributed by atoms with van der Waals surface area (Å²) in [5.41, 5.74) is 0. The highest BCUT2D eigenvalue weighted by Gasteiger charge is 2.19. The molecule has 404 valence electrons. The van der Waals surface area contributed by atoms with E-state index < -0.39 is 6.10 Å². The summed E-state index contributed by atoms with van der Waals surface area (Å²) in [6.07, 6.45) is 74.7. The normalized spacial score (nSPS) is 12.6. The molecule has 0 spiro atoms. The predicted octanol–water partition coefficient (Wildman–Crippen LogP) is 20.2. The number of hydrogen-bond acceptors (Lipinski definition) is 6. The number of allylic oxidation sites excluding steroid dienone is 12. The van der Waals surface area contributed by atoms with E-state index in [2.05, 4.69) is 93.7 Å². The van der Waals surface area contributed by atoms with E-state index >= 15 is 0 Å². The molecule has 1 atom stereocenters. The van der Waals surface area contributed by atoms with E-state index in [4.69, 9.17) is 14.2 Å². The lowest BCUT2D eigenvalue weighted by Gasteiger charge is -2.18. The quantitative estimate of drug-likeness (QED) is 0.0261. The van der Waals surface area contributed by atoms with Crippen LogP contribution in [0.5, 0.6) is 0 Å². The molecule has 6 nitrogen and oxygen atoms in total. The van der Waals surface area contributed by atoms with Crippen molar-refractivity contribution in [3.63, 3.8) is 0 Å². The summed E-state index contributed by atoms with van der Waals surface area (Å²) >= 11 is 0. The molecule has 0 amide bonds. The van der Waals surface area contributed by atoms with Crippen molar-refractivity contribution in [2.45, 2.75) is 303 Å². The molecule has 0 bridgehead atoms. The maximum atomic E-state index is 12.9. The molecule has 0 aromatic rings. The fourth-order valence-corrected chi connectivity index (χ4v) is 8.47. The molecule has 0 heterocycles. The first-order chi connectivity index (χ1) is 34.5. The zero-order valence-corrected chi connectivity index (χ0v) is 46.3. The Labute approximate surface area is 433 Å². The summed E-state index contributed by atoms with van der Waals surface area (Å²) in [4.78, 5) is 38.2. The molecule has 0 aliphatic carbocycles. The van der Waals surface area contributed by atoms with Gasteiger partial charge in [-0.1, -0.05) is 261 Å². The number of unbranched alkanes of at least 4 members (excludes halogenated alkanes) is 31. The van der Waals surface area contributed by atoms with Crippen LogP contribution in [0.2, 0.25) is 0 Å². The van der Waals surface area contributed by atoms with Crippen LogP contribution in [0.3, 0.4) is 0 Å². The molecule has 0 aliphatic rings. The largest absolute Gasteiger partial charge is 0.462 e. The zero-order valence-electron chi connectivity index (χ0n) is 46.3. The Bertz CT molecular complexity index is 1310. The van der Waals surface area contributed by atoms with Crippen molar-refractivity contribution in [2.24, 2.45) is 0 Å². The Morgan fingerprint density at radius 1 is 0.300 bits per heavy atom. The van der Waals surface area contributed by atoms with Gasteiger partial charge in [0.05, 0.1) is 0 Å². The summed E-state index contributed by atoms with van der Waals surface area (Å²) in [6, 6.07) is 0. The Hall–Kier alpha value is -3.15. The molecule has 70 heavy (non-hydrogen) atoms. The van der Waals surface area contributed by atoms with Gasteiger partial charge in [-0.15, -0.1) is 0 Å². The number of carbonyl (C=O) groups is 3. The van der Waals surface area contributed by atoms with Gasteiger partial charge in [0.1, 0.15) is 13.2 Å². The van der Waals surface area contributed by atoms with Crippen molar-refractivity contribution < 1.29 is 28.6 Å². The van der Waals surface area contributed by atoms with Gasteiger partial charge in [0.25, 0.3) is 0 Å². The molecule has 0 aromatic carbocycles. The van der Waals surface area contributed by atoms with Crippen LogP contribution in [-0.4, -0.2) is 37.2 Å². The number of hydrogen-bond donors (Lipinski definition) is 0. The van der Waals surface area contributed by atoms with Gasteiger partial charge in [0.2, 0.25) is 0 Å². The predicted molar refractivity (Wildman–Crippen MR) is 302 cm³/mol. The Morgan fingerprint density at radius 3 is 0.929 bits per heavy atom. The van der Waals surface area contributed by atoms with Crippen LogP contribution >= 0.6 is 0 Å². The first kappa shape index (κ1) is 66.9. The van der Waals surface area contributed by atoms with E-state index in [0.29, 0.717) is 19.3 Å². The fourth-order valence-electron chi connectivity index (χ4n) is 8.47. The highest BCUT2D eigenvalue weighted by molar-refractivity contribution is 5.71.